The molecule has 0 aliphatic rings. The van der Waals surface area contributed by atoms with Gasteiger partial charge in [-0.15, -0.1) is 0 Å². The van der Waals surface area contributed by atoms with Crippen molar-refractivity contribution in [2.45, 2.75) is 34.2 Å². The minimum atomic E-state index is 0.365. The van der Waals surface area contributed by atoms with Crippen LogP contribution in [0.25, 0.3) is 0 Å². The molecule has 0 bridgehead atoms. The molecule has 0 saturated carbocycles. The van der Waals surface area contributed by atoms with Gasteiger partial charge in [-0.3, -0.25) is 4.68 Å². The Morgan fingerprint density at radius 1 is 1.21 bits per heavy atom. The van der Waals surface area contributed by atoms with E-state index >= 15 is 0 Å². The quantitative estimate of drug-likeness (QED) is 0.891. The monoisotopic (exact) mass is 259 g/mol. The maximum atomic E-state index is 9.94. The number of anilines is 1. The van der Waals surface area contributed by atoms with Gasteiger partial charge in [0.2, 0.25) is 0 Å². The van der Waals surface area contributed by atoms with E-state index in [4.69, 9.17) is 0 Å². The normalized spacial score (nSPS) is 10.8. The third-order valence-corrected chi connectivity index (χ3v) is 3.75. The molecule has 0 saturated heterocycles. The summed E-state index contributed by atoms with van der Waals surface area (Å²) in [6, 6.07) is 3.93. The fraction of sp³-hybridized carbons (Fsp3) is 0.400. The van der Waals surface area contributed by atoms with E-state index in [1.54, 1.807) is 0 Å². The Kier molecular flexibility index (Phi) is 3.51. The van der Waals surface area contributed by atoms with E-state index in [0.717, 1.165) is 29.1 Å². The molecule has 1 aromatic heterocycles. The Hall–Kier alpha value is -1.97. The molecule has 0 radical (unpaired) electrons. The van der Waals surface area contributed by atoms with E-state index < -0.39 is 0 Å². The number of rotatable bonds is 3. The van der Waals surface area contributed by atoms with Crippen molar-refractivity contribution in [2.24, 2.45) is 7.05 Å². The number of phenols is 1. The standard InChI is InChI=1S/C15H21N3O/c1-9-6-7-14(10(2)15(9)19)16-8-13-11(3)17-18(5)12(13)4/h6-7,16,19H,8H2,1-5H3. The molecular weight excluding hydrogens is 238 g/mol. The van der Waals surface area contributed by atoms with Crippen molar-refractivity contribution in [3.05, 3.63) is 40.2 Å². The van der Waals surface area contributed by atoms with Crippen molar-refractivity contribution in [3.63, 3.8) is 0 Å². The van der Waals surface area contributed by atoms with Crippen LogP contribution in [0.5, 0.6) is 5.75 Å². The molecule has 2 N–H and O–H groups in total. The predicted octanol–water partition coefficient (Wildman–Crippen LogP) is 2.97. The molecule has 0 atom stereocenters. The second-order valence-electron chi connectivity index (χ2n) is 5.03. The Labute approximate surface area is 114 Å². The minimum Gasteiger partial charge on any atom is -0.507 e. The smallest absolute Gasteiger partial charge is 0.123 e. The molecule has 19 heavy (non-hydrogen) atoms. The highest BCUT2D eigenvalue weighted by Crippen LogP contribution is 2.28. The molecule has 0 fully saturated rings. The van der Waals surface area contributed by atoms with Crippen LogP contribution in [0.15, 0.2) is 12.1 Å². The zero-order valence-corrected chi connectivity index (χ0v) is 12.2. The van der Waals surface area contributed by atoms with Gasteiger partial charge in [-0.05, 0) is 39.3 Å². The number of benzene rings is 1. The first kappa shape index (κ1) is 13.5. The summed E-state index contributed by atoms with van der Waals surface area (Å²) in [7, 11) is 1.95. The lowest BCUT2D eigenvalue weighted by Crippen LogP contribution is -2.04. The highest BCUT2D eigenvalue weighted by atomic mass is 16.3. The van der Waals surface area contributed by atoms with Gasteiger partial charge in [0.25, 0.3) is 0 Å². The predicted molar refractivity (Wildman–Crippen MR) is 77.6 cm³/mol. The summed E-state index contributed by atoms with van der Waals surface area (Å²) in [5.74, 6) is 0.365. The second-order valence-corrected chi connectivity index (χ2v) is 5.03. The average molecular weight is 259 g/mol. The first-order valence-electron chi connectivity index (χ1n) is 6.44. The number of nitrogens with zero attached hydrogens (tertiary/aromatic N) is 2. The number of phenolic OH excluding ortho intramolecular Hbond substituents is 1. The van der Waals surface area contributed by atoms with Gasteiger partial charge in [0.05, 0.1) is 5.69 Å². The average Bonchev–Trinajstić information content (AvgIpc) is 2.61. The second kappa shape index (κ2) is 4.96. The van der Waals surface area contributed by atoms with Crippen LogP contribution in [0.3, 0.4) is 0 Å². The molecule has 1 heterocycles. The van der Waals surface area contributed by atoms with Gasteiger partial charge in [0.15, 0.2) is 0 Å². The Morgan fingerprint density at radius 3 is 2.47 bits per heavy atom. The summed E-state index contributed by atoms with van der Waals surface area (Å²) in [6.45, 7) is 8.63. The number of hydrogen-bond acceptors (Lipinski definition) is 3. The molecule has 0 spiro atoms. The molecule has 4 heteroatoms. The Morgan fingerprint density at radius 2 is 1.89 bits per heavy atom. The van der Waals surface area contributed by atoms with E-state index in [1.165, 1.54) is 11.3 Å². The molecule has 0 aliphatic heterocycles. The van der Waals surface area contributed by atoms with Gasteiger partial charge < -0.3 is 10.4 Å². The summed E-state index contributed by atoms with van der Waals surface area (Å²) in [4.78, 5) is 0. The number of aromatic hydroxyl groups is 1. The zero-order valence-electron chi connectivity index (χ0n) is 12.2. The van der Waals surface area contributed by atoms with E-state index in [9.17, 15) is 5.11 Å². The van der Waals surface area contributed by atoms with Crippen LogP contribution < -0.4 is 5.32 Å². The van der Waals surface area contributed by atoms with E-state index in [0.29, 0.717) is 5.75 Å². The molecule has 0 unspecified atom stereocenters. The summed E-state index contributed by atoms with van der Waals surface area (Å²) < 4.78 is 1.89. The van der Waals surface area contributed by atoms with Crippen molar-refractivity contribution in [2.75, 3.05) is 5.32 Å². The summed E-state index contributed by atoms with van der Waals surface area (Å²) in [6.07, 6.45) is 0. The fourth-order valence-electron chi connectivity index (χ4n) is 2.28. The van der Waals surface area contributed by atoms with Crippen LogP contribution in [0.4, 0.5) is 5.69 Å². The van der Waals surface area contributed by atoms with Gasteiger partial charge in [0, 0.05) is 36.1 Å². The van der Waals surface area contributed by atoms with Crippen molar-refractivity contribution < 1.29 is 5.11 Å². The maximum absolute atomic E-state index is 9.94. The van der Waals surface area contributed by atoms with Crippen molar-refractivity contribution in [1.82, 2.24) is 9.78 Å². The van der Waals surface area contributed by atoms with Gasteiger partial charge >= 0.3 is 0 Å². The first-order valence-corrected chi connectivity index (χ1v) is 6.44. The molecule has 102 valence electrons. The van der Waals surface area contributed by atoms with E-state index in [-0.39, 0.29) is 0 Å². The Bertz CT molecular complexity index is 614. The summed E-state index contributed by atoms with van der Waals surface area (Å²) in [5, 5.41) is 17.7. The lowest BCUT2D eigenvalue weighted by atomic mass is 10.1. The maximum Gasteiger partial charge on any atom is 0.123 e. The topological polar surface area (TPSA) is 50.1 Å². The summed E-state index contributed by atoms with van der Waals surface area (Å²) in [5.41, 5.74) is 6.17. The number of nitrogens with one attached hydrogen (secondary N) is 1. The largest absolute Gasteiger partial charge is 0.507 e. The van der Waals surface area contributed by atoms with Gasteiger partial charge in [-0.2, -0.15) is 5.10 Å². The molecule has 0 amide bonds. The minimum absolute atomic E-state index is 0.365. The van der Waals surface area contributed by atoms with Crippen LogP contribution >= 0.6 is 0 Å². The van der Waals surface area contributed by atoms with E-state index in [2.05, 4.69) is 17.3 Å². The number of hydrogen-bond donors (Lipinski definition) is 2. The third kappa shape index (κ3) is 2.43. The van der Waals surface area contributed by atoms with Crippen LogP contribution in [0.2, 0.25) is 0 Å². The van der Waals surface area contributed by atoms with Gasteiger partial charge in [0.1, 0.15) is 5.75 Å². The molecule has 2 rings (SSSR count). The number of aryl methyl sites for hydroxylation is 3. The fourth-order valence-corrected chi connectivity index (χ4v) is 2.28. The van der Waals surface area contributed by atoms with Gasteiger partial charge in [-0.1, -0.05) is 6.07 Å². The SMILES string of the molecule is Cc1ccc(NCc2c(C)nn(C)c2C)c(C)c1O. The van der Waals surface area contributed by atoms with Crippen molar-refractivity contribution >= 4 is 5.69 Å². The lowest BCUT2D eigenvalue weighted by Gasteiger charge is -2.12. The summed E-state index contributed by atoms with van der Waals surface area (Å²) >= 11 is 0. The van der Waals surface area contributed by atoms with Crippen molar-refractivity contribution in [3.8, 4) is 5.75 Å². The molecule has 0 aliphatic carbocycles. The van der Waals surface area contributed by atoms with Crippen LogP contribution in [0.1, 0.15) is 28.1 Å². The third-order valence-electron chi connectivity index (χ3n) is 3.75. The van der Waals surface area contributed by atoms with Crippen LogP contribution in [-0.4, -0.2) is 14.9 Å². The molecular formula is C15H21N3O. The lowest BCUT2D eigenvalue weighted by molar-refractivity contribution is 0.467. The molecule has 2 aromatic rings. The zero-order chi connectivity index (χ0) is 14.2. The molecule has 4 nitrogen and oxygen atoms in total. The highest BCUT2D eigenvalue weighted by Gasteiger charge is 2.10. The number of aromatic nitrogens is 2. The van der Waals surface area contributed by atoms with Gasteiger partial charge in [-0.25, -0.2) is 0 Å². The van der Waals surface area contributed by atoms with E-state index in [1.807, 2.05) is 44.6 Å². The highest BCUT2D eigenvalue weighted by molar-refractivity contribution is 5.59. The van der Waals surface area contributed by atoms with Crippen molar-refractivity contribution in [1.29, 1.82) is 0 Å². The Balaban J connectivity index is 2.22. The first-order chi connectivity index (χ1) is 8.91. The van der Waals surface area contributed by atoms with Crippen LogP contribution in [0, 0.1) is 27.7 Å². The molecule has 1 aromatic carbocycles. The van der Waals surface area contributed by atoms with Crippen LogP contribution in [-0.2, 0) is 13.6 Å².